The fourth-order valence-corrected chi connectivity index (χ4v) is 4.00. The maximum Gasteiger partial charge on any atom is 0.219 e. The molecule has 0 amide bonds. The molecule has 1 aromatic carbocycles. The van der Waals surface area contributed by atoms with E-state index >= 15 is 0 Å². The minimum Gasteiger partial charge on any atom is -0.368 e. The van der Waals surface area contributed by atoms with Crippen LogP contribution in [0.15, 0.2) is 42.7 Å². The molecule has 0 unspecified atom stereocenters. The van der Waals surface area contributed by atoms with Crippen LogP contribution >= 0.6 is 0 Å². The van der Waals surface area contributed by atoms with Gasteiger partial charge in [-0.3, -0.25) is 4.90 Å². The molecule has 138 valence electrons. The van der Waals surface area contributed by atoms with Gasteiger partial charge in [0.15, 0.2) is 0 Å². The van der Waals surface area contributed by atoms with E-state index in [9.17, 15) is 0 Å². The van der Waals surface area contributed by atoms with Crippen molar-refractivity contribution in [2.45, 2.75) is 44.7 Å². The number of nitrogens with two attached hydrogens (primary N) is 1. The van der Waals surface area contributed by atoms with Crippen molar-refractivity contribution < 1.29 is 0 Å². The Kier molecular flexibility index (Phi) is 4.92. The summed E-state index contributed by atoms with van der Waals surface area (Å²) < 4.78 is 0. The number of anilines is 1. The first-order chi connectivity index (χ1) is 12.6. The molecule has 0 bridgehead atoms. The average molecular weight is 351 g/mol. The summed E-state index contributed by atoms with van der Waals surface area (Å²) in [5, 5.41) is 3.83. The van der Waals surface area contributed by atoms with Gasteiger partial charge < -0.3 is 11.1 Å². The van der Waals surface area contributed by atoms with Crippen LogP contribution in [0, 0.1) is 5.41 Å². The molecule has 2 aromatic rings. The Hall–Kier alpha value is -1.98. The molecule has 4 rings (SSSR count). The predicted octanol–water partition coefficient (Wildman–Crippen LogP) is 2.81. The lowest BCUT2D eigenvalue weighted by Crippen LogP contribution is -2.43. The van der Waals surface area contributed by atoms with Crippen molar-refractivity contribution in [3.05, 3.63) is 53.9 Å². The van der Waals surface area contributed by atoms with Crippen molar-refractivity contribution in [3.63, 3.8) is 0 Å². The Morgan fingerprint density at radius 3 is 2.54 bits per heavy atom. The molecule has 1 saturated heterocycles. The quantitative estimate of drug-likeness (QED) is 0.838. The molecule has 26 heavy (non-hydrogen) atoms. The lowest BCUT2D eigenvalue weighted by atomic mass is 9.80. The van der Waals surface area contributed by atoms with E-state index in [0.717, 1.165) is 31.7 Å². The molecule has 2 fully saturated rings. The second kappa shape index (κ2) is 7.33. The van der Waals surface area contributed by atoms with Crippen LogP contribution in [0.4, 0.5) is 5.95 Å². The van der Waals surface area contributed by atoms with Gasteiger partial charge in [0.2, 0.25) is 5.95 Å². The largest absolute Gasteiger partial charge is 0.368 e. The van der Waals surface area contributed by atoms with Crippen molar-refractivity contribution in [3.8, 4) is 0 Å². The summed E-state index contributed by atoms with van der Waals surface area (Å²) in [4.78, 5) is 10.7. The zero-order chi connectivity index (χ0) is 18.0. The van der Waals surface area contributed by atoms with Gasteiger partial charge in [-0.1, -0.05) is 37.3 Å². The van der Waals surface area contributed by atoms with Crippen LogP contribution in [-0.4, -0.2) is 40.5 Å². The van der Waals surface area contributed by atoms with E-state index in [-0.39, 0.29) is 0 Å². The minimum atomic E-state index is 0.347. The summed E-state index contributed by atoms with van der Waals surface area (Å²) in [5.41, 5.74) is 8.59. The summed E-state index contributed by atoms with van der Waals surface area (Å²) in [5.74, 6) is 1.06. The number of benzene rings is 1. The number of aromatic nitrogens is 2. The van der Waals surface area contributed by atoms with E-state index in [0.29, 0.717) is 23.3 Å². The van der Waals surface area contributed by atoms with Gasteiger partial charge in [-0.15, -0.1) is 0 Å². The SMILES string of the molecule is CC1(CN[C@@H]2C[C@H]2c2ccccc2)CCN(Cc2cnc(N)nc2)CC1. The smallest absolute Gasteiger partial charge is 0.219 e. The minimum absolute atomic E-state index is 0.347. The summed E-state index contributed by atoms with van der Waals surface area (Å²) in [6.45, 7) is 6.75. The van der Waals surface area contributed by atoms with Crippen LogP contribution < -0.4 is 11.1 Å². The fourth-order valence-electron chi connectivity index (χ4n) is 4.00. The highest BCUT2D eigenvalue weighted by Crippen LogP contribution is 2.41. The predicted molar refractivity (Wildman–Crippen MR) is 105 cm³/mol. The van der Waals surface area contributed by atoms with Crippen LogP contribution in [0.3, 0.4) is 0 Å². The van der Waals surface area contributed by atoms with Gasteiger partial charge in [0, 0.05) is 43.0 Å². The van der Waals surface area contributed by atoms with Crippen molar-refractivity contribution in [1.29, 1.82) is 0 Å². The topological polar surface area (TPSA) is 67.1 Å². The Balaban J connectivity index is 1.22. The van der Waals surface area contributed by atoms with E-state index < -0.39 is 0 Å². The Morgan fingerprint density at radius 2 is 1.85 bits per heavy atom. The number of likely N-dealkylation sites (tertiary alicyclic amines) is 1. The molecule has 1 saturated carbocycles. The number of hydrogen-bond acceptors (Lipinski definition) is 5. The molecule has 0 radical (unpaired) electrons. The first-order valence-corrected chi connectivity index (χ1v) is 9.68. The molecule has 2 atom stereocenters. The highest BCUT2D eigenvalue weighted by atomic mass is 15.1. The van der Waals surface area contributed by atoms with Crippen LogP contribution in [0.2, 0.25) is 0 Å². The third-order valence-corrected chi connectivity index (χ3v) is 6.00. The van der Waals surface area contributed by atoms with Gasteiger partial charge in [-0.25, -0.2) is 9.97 Å². The van der Waals surface area contributed by atoms with Gasteiger partial charge >= 0.3 is 0 Å². The first kappa shape index (κ1) is 17.4. The summed E-state index contributed by atoms with van der Waals surface area (Å²) in [7, 11) is 0. The third-order valence-electron chi connectivity index (χ3n) is 6.00. The second-order valence-electron chi connectivity index (χ2n) is 8.28. The highest BCUT2D eigenvalue weighted by Gasteiger charge is 2.39. The highest BCUT2D eigenvalue weighted by molar-refractivity contribution is 5.27. The molecule has 0 spiro atoms. The molecule has 1 aliphatic carbocycles. The molecule has 2 heterocycles. The van der Waals surface area contributed by atoms with Gasteiger partial charge in [0.05, 0.1) is 0 Å². The number of rotatable bonds is 6. The fraction of sp³-hybridized carbons (Fsp3) is 0.524. The van der Waals surface area contributed by atoms with E-state index in [1.165, 1.54) is 24.8 Å². The summed E-state index contributed by atoms with van der Waals surface area (Å²) in [6, 6.07) is 11.6. The summed E-state index contributed by atoms with van der Waals surface area (Å²) >= 11 is 0. The number of nitrogens with zero attached hydrogens (tertiary/aromatic N) is 3. The van der Waals surface area contributed by atoms with Crippen molar-refractivity contribution in [2.24, 2.45) is 5.41 Å². The monoisotopic (exact) mass is 351 g/mol. The van der Waals surface area contributed by atoms with Gasteiger partial charge in [0.25, 0.3) is 0 Å². The first-order valence-electron chi connectivity index (χ1n) is 9.68. The van der Waals surface area contributed by atoms with E-state index in [1.807, 2.05) is 12.4 Å². The lowest BCUT2D eigenvalue weighted by molar-refractivity contribution is 0.111. The molecular formula is C21H29N5. The Labute approximate surface area is 156 Å². The standard InChI is InChI=1S/C21H29N5/c1-21(15-25-19-11-18(19)17-5-3-2-4-6-17)7-9-26(10-8-21)14-16-12-23-20(22)24-13-16/h2-6,12-13,18-19,25H,7-11,14-15H2,1H3,(H2,22,23,24)/t18-,19+/m0/s1. The normalized spacial score (nSPS) is 25.1. The van der Waals surface area contributed by atoms with Gasteiger partial charge in [0.1, 0.15) is 0 Å². The maximum absolute atomic E-state index is 5.56. The number of nitrogens with one attached hydrogen (secondary N) is 1. The molecule has 1 aromatic heterocycles. The lowest BCUT2D eigenvalue weighted by Gasteiger charge is -2.39. The molecule has 1 aliphatic heterocycles. The van der Waals surface area contributed by atoms with Crippen LogP contribution in [0.5, 0.6) is 0 Å². The van der Waals surface area contributed by atoms with Gasteiger partial charge in [-0.05, 0) is 43.3 Å². The Bertz CT molecular complexity index is 707. The van der Waals surface area contributed by atoms with E-state index in [2.05, 4.69) is 57.4 Å². The van der Waals surface area contributed by atoms with Crippen molar-refractivity contribution >= 4 is 5.95 Å². The Morgan fingerprint density at radius 1 is 1.15 bits per heavy atom. The van der Waals surface area contributed by atoms with Crippen LogP contribution in [0.25, 0.3) is 0 Å². The second-order valence-corrected chi connectivity index (χ2v) is 8.28. The maximum atomic E-state index is 5.56. The third kappa shape index (κ3) is 4.22. The zero-order valence-electron chi connectivity index (χ0n) is 15.6. The van der Waals surface area contributed by atoms with E-state index in [4.69, 9.17) is 5.73 Å². The van der Waals surface area contributed by atoms with Gasteiger partial charge in [-0.2, -0.15) is 0 Å². The molecule has 5 heteroatoms. The number of piperidine rings is 1. The van der Waals surface area contributed by atoms with Crippen molar-refractivity contribution in [1.82, 2.24) is 20.2 Å². The van der Waals surface area contributed by atoms with Crippen LogP contribution in [0.1, 0.15) is 43.2 Å². The average Bonchev–Trinajstić information content (AvgIpc) is 3.45. The van der Waals surface area contributed by atoms with Crippen molar-refractivity contribution in [2.75, 3.05) is 25.4 Å². The molecule has 5 nitrogen and oxygen atoms in total. The van der Waals surface area contributed by atoms with E-state index in [1.54, 1.807) is 0 Å². The zero-order valence-corrected chi connectivity index (χ0v) is 15.6. The number of nitrogen functional groups attached to an aromatic ring is 1. The number of hydrogen-bond donors (Lipinski definition) is 2. The molecule has 2 aliphatic rings. The summed E-state index contributed by atoms with van der Waals surface area (Å²) in [6.07, 6.45) is 7.43. The molecular weight excluding hydrogens is 322 g/mol. The van der Waals surface area contributed by atoms with Crippen LogP contribution in [-0.2, 0) is 6.54 Å². The molecule has 3 N–H and O–H groups in total.